The van der Waals surface area contributed by atoms with E-state index in [0.717, 1.165) is 29.0 Å². The maximum absolute atomic E-state index is 14.7. The summed E-state index contributed by atoms with van der Waals surface area (Å²) < 4.78 is 17.5. The van der Waals surface area contributed by atoms with E-state index in [9.17, 15) is 19.1 Å². The SMILES string of the molecule is Cc1c(-n2cccc2)c(F)cn2c(=O)c(C(=O)O)cc(C3CC3)c12. The monoisotopic (exact) mass is 326 g/mol. The molecule has 0 bridgehead atoms. The molecule has 122 valence electrons. The highest BCUT2D eigenvalue weighted by molar-refractivity contribution is 5.88. The fourth-order valence-corrected chi connectivity index (χ4v) is 3.30. The highest BCUT2D eigenvalue weighted by Crippen LogP contribution is 2.43. The molecule has 3 heterocycles. The smallest absolute Gasteiger partial charge is 0.341 e. The van der Waals surface area contributed by atoms with Crippen LogP contribution in [-0.4, -0.2) is 20.0 Å². The van der Waals surface area contributed by atoms with Gasteiger partial charge in [0.2, 0.25) is 0 Å². The Morgan fingerprint density at radius 1 is 1.29 bits per heavy atom. The highest BCUT2D eigenvalue weighted by atomic mass is 19.1. The number of hydrogen-bond acceptors (Lipinski definition) is 2. The molecule has 3 aromatic rings. The topological polar surface area (TPSA) is 63.7 Å². The fourth-order valence-electron chi connectivity index (χ4n) is 3.30. The lowest BCUT2D eigenvalue weighted by Crippen LogP contribution is -2.24. The number of pyridine rings is 2. The highest BCUT2D eigenvalue weighted by Gasteiger charge is 2.30. The minimum Gasteiger partial charge on any atom is -0.477 e. The van der Waals surface area contributed by atoms with E-state index in [1.807, 2.05) is 0 Å². The normalized spacial score (nSPS) is 14.2. The molecule has 1 aliphatic rings. The summed E-state index contributed by atoms with van der Waals surface area (Å²) in [6.45, 7) is 1.76. The zero-order valence-electron chi connectivity index (χ0n) is 13.0. The van der Waals surface area contributed by atoms with E-state index in [-0.39, 0.29) is 11.5 Å². The predicted molar refractivity (Wildman–Crippen MR) is 86.6 cm³/mol. The summed E-state index contributed by atoms with van der Waals surface area (Å²) >= 11 is 0. The predicted octanol–water partition coefficient (Wildman–Crippen LogP) is 3.11. The van der Waals surface area contributed by atoms with Crippen LogP contribution in [0.4, 0.5) is 4.39 Å². The maximum Gasteiger partial charge on any atom is 0.341 e. The molecule has 0 atom stereocenters. The van der Waals surface area contributed by atoms with Crippen LogP contribution < -0.4 is 5.56 Å². The van der Waals surface area contributed by atoms with Crippen LogP contribution in [0.3, 0.4) is 0 Å². The fraction of sp³-hybridized carbons (Fsp3) is 0.222. The Morgan fingerprint density at radius 2 is 1.96 bits per heavy atom. The largest absolute Gasteiger partial charge is 0.477 e. The third-order valence-corrected chi connectivity index (χ3v) is 4.55. The summed E-state index contributed by atoms with van der Waals surface area (Å²) in [4.78, 5) is 23.8. The standard InChI is InChI=1S/C18H15FN2O3/c1-10-15-12(11-4-5-11)8-13(18(23)24)17(22)21(15)9-14(19)16(10)20-6-2-3-7-20/h2-3,6-9,11H,4-5H2,1H3,(H,23,24). The number of carbonyl (C=O) groups is 1. The van der Waals surface area contributed by atoms with Crippen LogP contribution in [0.15, 0.2) is 41.6 Å². The Morgan fingerprint density at radius 3 is 2.54 bits per heavy atom. The second kappa shape index (κ2) is 5.06. The Bertz CT molecular complexity index is 1030. The van der Waals surface area contributed by atoms with Crippen molar-refractivity contribution in [2.45, 2.75) is 25.7 Å². The Kier molecular flexibility index (Phi) is 3.09. The van der Waals surface area contributed by atoms with Crippen LogP contribution in [0, 0.1) is 12.7 Å². The molecule has 0 aliphatic heterocycles. The summed E-state index contributed by atoms with van der Waals surface area (Å²) in [7, 11) is 0. The Balaban J connectivity index is 2.15. The van der Waals surface area contributed by atoms with Gasteiger partial charge < -0.3 is 9.67 Å². The van der Waals surface area contributed by atoms with Crippen molar-refractivity contribution in [2.24, 2.45) is 0 Å². The number of carboxylic acids is 1. The van der Waals surface area contributed by atoms with Gasteiger partial charge in [0.1, 0.15) is 5.56 Å². The van der Waals surface area contributed by atoms with Crippen molar-refractivity contribution in [3.63, 3.8) is 0 Å². The van der Waals surface area contributed by atoms with Crippen molar-refractivity contribution < 1.29 is 14.3 Å². The van der Waals surface area contributed by atoms with Crippen LogP contribution in [0.2, 0.25) is 0 Å². The van der Waals surface area contributed by atoms with E-state index < -0.39 is 17.3 Å². The van der Waals surface area contributed by atoms with Gasteiger partial charge in [0.25, 0.3) is 5.56 Å². The Hall–Kier alpha value is -2.89. The molecule has 24 heavy (non-hydrogen) atoms. The van der Waals surface area contributed by atoms with Gasteiger partial charge in [0.05, 0.1) is 17.4 Å². The van der Waals surface area contributed by atoms with Crippen LogP contribution in [0.1, 0.15) is 40.2 Å². The van der Waals surface area contributed by atoms with Gasteiger partial charge in [-0.2, -0.15) is 0 Å². The molecule has 0 aromatic carbocycles. The Labute approximate surface area is 136 Å². The molecule has 4 rings (SSSR count). The van der Waals surface area contributed by atoms with Crippen LogP contribution in [-0.2, 0) is 0 Å². The first-order valence-electron chi connectivity index (χ1n) is 7.74. The molecule has 0 unspecified atom stereocenters. The second-order valence-electron chi connectivity index (χ2n) is 6.16. The molecule has 5 nitrogen and oxygen atoms in total. The zero-order chi connectivity index (χ0) is 17.0. The molecule has 6 heteroatoms. The van der Waals surface area contributed by atoms with Gasteiger partial charge >= 0.3 is 5.97 Å². The van der Waals surface area contributed by atoms with Crippen LogP contribution in [0.25, 0.3) is 11.2 Å². The minimum absolute atomic E-state index is 0.223. The zero-order valence-corrected chi connectivity index (χ0v) is 13.0. The van der Waals surface area contributed by atoms with E-state index >= 15 is 0 Å². The van der Waals surface area contributed by atoms with E-state index in [4.69, 9.17) is 0 Å². The molecule has 3 aromatic heterocycles. The molecule has 1 aliphatic carbocycles. The molecule has 0 radical (unpaired) electrons. The number of rotatable bonds is 3. The van der Waals surface area contributed by atoms with E-state index in [1.54, 1.807) is 36.0 Å². The molecule has 1 fully saturated rings. The van der Waals surface area contributed by atoms with Crippen molar-refractivity contribution in [2.75, 3.05) is 0 Å². The summed E-state index contributed by atoms with van der Waals surface area (Å²) in [6, 6.07) is 5.05. The first-order chi connectivity index (χ1) is 11.5. The van der Waals surface area contributed by atoms with Gasteiger partial charge in [-0.3, -0.25) is 9.20 Å². The molecular formula is C18H15FN2O3. The van der Waals surface area contributed by atoms with Gasteiger partial charge in [-0.25, -0.2) is 9.18 Å². The average Bonchev–Trinajstić information content (AvgIpc) is 3.24. The van der Waals surface area contributed by atoms with Crippen molar-refractivity contribution >= 4 is 11.5 Å². The van der Waals surface area contributed by atoms with Gasteiger partial charge in [-0.1, -0.05) is 0 Å². The average molecular weight is 326 g/mol. The van der Waals surface area contributed by atoms with Gasteiger partial charge in [0, 0.05) is 18.0 Å². The van der Waals surface area contributed by atoms with Gasteiger partial charge in [-0.05, 0) is 49.4 Å². The maximum atomic E-state index is 14.7. The first-order valence-corrected chi connectivity index (χ1v) is 7.74. The molecular weight excluding hydrogens is 311 g/mol. The number of aryl methyl sites for hydroxylation is 1. The summed E-state index contributed by atoms with van der Waals surface area (Å²) in [5, 5.41) is 9.28. The first kappa shape index (κ1) is 14.7. The third-order valence-electron chi connectivity index (χ3n) is 4.55. The van der Waals surface area contributed by atoms with Crippen molar-refractivity contribution in [1.29, 1.82) is 0 Å². The van der Waals surface area contributed by atoms with Crippen LogP contribution >= 0.6 is 0 Å². The van der Waals surface area contributed by atoms with E-state index in [0.29, 0.717) is 16.8 Å². The number of aromatic carboxylic acids is 1. The third kappa shape index (κ3) is 2.06. The number of aromatic nitrogens is 2. The number of nitrogens with zero attached hydrogens (tertiary/aromatic N) is 2. The molecule has 1 N–H and O–H groups in total. The van der Waals surface area contributed by atoms with Crippen molar-refractivity contribution in [3.05, 3.63) is 69.7 Å². The lowest BCUT2D eigenvalue weighted by molar-refractivity contribution is 0.0694. The number of carboxylic acid groups (broad SMARTS) is 1. The van der Waals surface area contributed by atoms with Gasteiger partial charge in [0.15, 0.2) is 5.82 Å². The van der Waals surface area contributed by atoms with Gasteiger partial charge in [-0.15, -0.1) is 0 Å². The van der Waals surface area contributed by atoms with Crippen LogP contribution in [0.5, 0.6) is 0 Å². The molecule has 0 amide bonds. The number of halogens is 1. The molecule has 1 saturated carbocycles. The number of fused-ring (bicyclic) bond motifs is 1. The molecule has 0 spiro atoms. The quantitative estimate of drug-likeness (QED) is 0.804. The second-order valence-corrected chi connectivity index (χ2v) is 6.16. The van der Waals surface area contributed by atoms with Crippen molar-refractivity contribution in [3.8, 4) is 5.69 Å². The lowest BCUT2D eigenvalue weighted by atomic mass is 10.0. The molecule has 0 saturated heterocycles. The van der Waals surface area contributed by atoms with Crippen molar-refractivity contribution in [1.82, 2.24) is 8.97 Å². The minimum atomic E-state index is -1.29. The summed E-state index contributed by atoms with van der Waals surface area (Å²) in [6.07, 6.45) is 6.47. The van der Waals surface area contributed by atoms with E-state index in [2.05, 4.69) is 0 Å². The summed E-state index contributed by atoms with van der Waals surface area (Å²) in [5.41, 5.74) is 1.40. The summed E-state index contributed by atoms with van der Waals surface area (Å²) in [5.74, 6) is -1.63. The lowest BCUT2D eigenvalue weighted by Gasteiger charge is -2.16. The number of hydrogen-bond donors (Lipinski definition) is 1. The van der Waals surface area contributed by atoms with E-state index in [1.165, 1.54) is 6.07 Å².